The Hall–Kier alpha value is -1.87. The molecule has 0 bridgehead atoms. The van der Waals surface area contributed by atoms with Crippen LogP contribution >= 0.6 is 0 Å². The zero-order valence-electron chi connectivity index (χ0n) is 13.5. The fourth-order valence-electron chi connectivity index (χ4n) is 2.28. The lowest BCUT2D eigenvalue weighted by Crippen LogP contribution is -2.13. The van der Waals surface area contributed by atoms with E-state index in [0.29, 0.717) is 12.4 Å². The number of hydrogen-bond acceptors (Lipinski definition) is 3. The summed E-state index contributed by atoms with van der Waals surface area (Å²) in [7, 11) is 0. The van der Waals surface area contributed by atoms with Crippen LogP contribution in [0, 0.1) is 13.8 Å². The van der Waals surface area contributed by atoms with Gasteiger partial charge in [0.05, 0.1) is 0 Å². The Bertz CT molecular complexity index is 642. The number of nitrogens with zero attached hydrogens (tertiary/aromatic N) is 1. The summed E-state index contributed by atoms with van der Waals surface area (Å²) < 4.78 is 6.10. The molecule has 1 heterocycles. The van der Waals surface area contributed by atoms with E-state index in [0.717, 1.165) is 16.9 Å². The van der Waals surface area contributed by atoms with Crippen molar-refractivity contribution in [1.82, 2.24) is 4.98 Å². The fraction of sp³-hybridized carbons (Fsp3) is 0.389. The van der Waals surface area contributed by atoms with Gasteiger partial charge < -0.3 is 10.5 Å². The quantitative estimate of drug-likeness (QED) is 0.916. The SMILES string of the molecule is Cc1ccc(C(C)(C)C)c(Oc2ncc(CN)cc2C)c1. The Morgan fingerprint density at radius 2 is 1.86 bits per heavy atom. The Morgan fingerprint density at radius 3 is 2.43 bits per heavy atom. The number of pyridine rings is 1. The van der Waals surface area contributed by atoms with Gasteiger partial charge in [-0.15, -0.1) is 0 Å². The molecule has 0 aliphatic heterocycles. The van der Waals surface area contributed by atoms with E-state index in [1.54, 1.807) is 6.20 Å². The summed E-state index contributed by atoms with van der Waals surface area (Å²) in [5, 5.41) is 0. The second kappa shape index (κ2) is 5.86. The molecular formula is C18H24N2O. The van der Waals surface area contributed by atoms with Crippen LogP contribution in [-0.2, 0) is 12.0 Å². The van der Waals surface area contributed by atoms with E-state index in [1.807, 2.05) is 13.0 Å². The molecule has 0 spiro atoms. The predicted octanol–water partition coefficient (Wildman–Crippen LogP) is 4.25. The fourth-order valence-corrected chi connectivity index (χ4v) is 2.28. The maximum absolute atomic E-state index is 6.10. The molecule has 0 atom stereocenters. The highest BCUT2D eigenvalue weighted by Gasteiger charge is 2.20. The zero-order valence-corrected chi connectivity index (χ0v) is 13.5. The smallest absolute Gasteiger partial charge is 0.222 e. The highest BCUT2D eigenvalue weighted by Crippen LogP contribution is 2.35. The largest absolute Gasteiger partial charge is 0.438 e. The first-order valence-corrected chi connectivity index (χ1v) is 7.26. The van der Waals surface area contributed by atoms with Gasteiger partial charge in [0.1, 0.15) is 5.75 Å². The summed E-state index contributed by atoms with van der Waals surface area (Å²) in [6.07, 6.45) is 1.77. The van der Waals surface area contributed by atoms with Gasteiger partial charge >= 0.3 is 0 Å². The van der Waals surface area contributed by atoms with Gasteiger partial charge in [-0.2, -0.15) is 0 Å². The van der Waals surface area contributed by atoms with E-state index in [-0.39, 0.29) is 5.41 Å². The van der Waals surface area contributed by atoms with Crippen molar-refractivity contribution < 1.29 is 4.74 Å². The molecule has 2 aromatic rings. The number of hydrogen-bond donors (Lipinski definition) is 1. The first-order valence-electron chi connectivity index (χ1n) is 7.26. The van der Waals surface area contributed by atoms with Gasteiger partial charge in [0, 0.05) is 23.9 Å². The van der Waals surface area contributed by atoms with E-state index >= 15 is 0 Å². The number of aryl methyl sites for hydroxylation is 2. The van der Waals surface area contributed by atoms with Crippen LogP contribution < -0.4 is 10.5 Å². The minimum absolute atomic E-state index is 0.0220. The van der Waals surface area contributed by atoms with Crippen LogP contribution in [0.4, 0.5) is 0 Å². The van der Waals surface area contributed by atoms with Gasteiger partial charge in [-0.3, -0.25) is 0 Å². The van der Waals surface area contributed by atoms with Crippen molar-refractivity contribution in [2.45, 2.75) is 46.6 Å². The summed E-state index contributed by atoms with van der Waals surface area (Å²) >= 11 is 0. The predicted molar refractivity (Wildman–Crippen MR) is 86.8 cm³/mol. The lowest BCUT2D eigenvalue weighted by Gasteiger charge is -2.23. The number of ether oxygens (including phenoxy) is 1. The van der Waals surface area contributed by atoms with E-state index in [2.05, 4.69) is 50.9 Å². The molecule has 3 nitrogen and oxygen atoms in total. The molecule has 0 unspecified atom stereocenters. The lowest BCUT2D eigenvalue weighted by molar-refractivity contribution is 0.436. The van der Waals surface area contributed by atoms with Crippen LogP contribution in [0.1, 0.15) is 43.0 Å². The highest BCUT2D eigenvalue weighted by molar-refractivity contribution is 5.44. The second-order valence-electron chi connectivity index (χ2n) is 6.52. The molecule has 112 valence electrons. The summed E-state index contributed by atoms with van der Waals surface area (Å²) in [6, 6.07) is 8.34. The van der Waals surface area contributed by atoms with Gasteiger partial charge in [-0.1, -0.05) is 32.9 Å². The molecule has 0 aliphatic rings. The number of nitrogens with two attached hydrogens (primary N) is 1. The van der Waals surface area contributed by atoms with Crippen LogP contribution in [0.3, 0.4) is 0 Å². The van der Waals surface area contributed by atoms with Gasteiger partial charge in [0.2, 0.25) is 5.88 Å². The summed E-state index contributed by atoms with van der Waals surface area (Å²) in [5.74, 6) is 1.52. The molecule has 2 N–H and O–H groups in total. The molecule has 2 rings (SSSR count). The molecule has 3 heteroatoms. The van der Waals surface area contributed by atoms with Crippen molar-refractivity contribution in [3.8, 4) is 11.6 Å². The molecular weight excluding hydrogens is 260 g/mol. The molecule has 1 aromatic carbocycles. The molecule has 0 amide bonds. The van der Waals surface area contributed by atoms with E-state index in [1.165, 1.54) is 11.1 Å². The normalized spacial score (nSPS) is 11.5. The maximum Gasteiger partial charge on any atom is 0.222 e. The number of benzene rings is 1. The molecule has 0 saturated carbocycles. The maximum atomic E-state index is 6.10. The monoisotopic (exact) mass is 284 g/mol. The van der Waals surface area contributed by atoms with Gasteiger partial charge in [-0.25, -0.2) is 4.98 Å². The van der Waals surface area contributed by atoms with Crippen molar-refractivity contribution in [2.24, 2.45) is 5.73 Å². The Kier molecular flexibility index (Phi) is 4.33. The average molecular weight is 284 g/mol. The topological polar surface area (TPSA) is 48.1 Å². The zero-order chi connectivity index (χ0) is 15.6. The number of rotatable bonds is 3. The first kappa shape index (κ1) is 15.5. The molecule has 1 aromatic heterocycles. The molecule has 21 heavy (non-hydrogen) atoms. The van der Waals surface area contributed by atoms with Crippen molar-refractivity contribution >= 4 is 0 Å². The minimum atomic E-state index is 0.0220. The van der Waals surface area contributed by atoms with E-state index in [4.69, 9.17) is 10.5 Å². The number of aromatic nitrogens is 1. The minimum Gasteiger partial charge on any atom is -0.438 e. The van der Waals surface area contributed by atoms with Crippen LogP contribution in [0.25, 0.3) is 0 Å². The van der Waals surface area contributed by atoms with Crippen LogP contribution in [0.15, 0.2) is 30.5 Å². The van der Waals surface area contributed by atoms with E-state index < -0.39 is 0 Å². The van der Waals surface area contributed by atoms with Crippen LogP contribution in [0.5, 0.6) is 11.6 Å². The third kappa shape index (κ3) is 3.61. The third-order valence-corrected chi connectivity index (χ3v) is 3.47. The Labute approximate surface area is 127 Å². The molecule has 0 fully saturated rings. The Balaban J connectivity index is 2.41. The summed E-state index contributed by atoms with van der Waals surface area (Å²) in [4.78, 5) is 4.39. The van der Waals surface area contributed by atoms with E-state index in [9.17, 15) is 0 Å². The first-order chi connectivity index (χ1) is 9.81. The van der Waals surface area contributed by atoms with Crippen molar-refractivity contribution in [3.63, 3.8) is 0 Å². The van der Waals surface area contributed by atoms with Crippen LogP contribution in [0.2, 0.25) is 0 Å². The van der Waals surface area contributed by atoms with Crippen molar-refractivity contribution in [1.29, 1.82) is 0 Å². The second-order valence-corrected chi connectivity index (χ2v) is 6.52. The summed E-state index contributed by atoms with van der Waals surface area (Å²) in [6.45, 7) is 11.1. The lowest BCUT2D eigenvalue weighted by atomic mass is 9.86. The highest BCUT2D eigenvalue weighted by atomic mass is 16.5. The Morgan fingerprint density at radius 1 is 1.14 bits per heavy atom. The molecule has 0 saturated heterocycles. The standard InChI is InChI=1S/C18H24N2O/c1-12-6-7-15(18(3,4)5)16(8-12)21-17-13(2)9-14(10-19)11-20-17/h6-9,11H,10,19H2,1-5H3. The van der Waals surface area contributed by atoms with Gasteiger partial charge in [-0.05, 0) is 42.5 Å². The van der Waals surface area contributed by atoms with Crippen LogP contribution in [-0.4, -0.2) is 4.98 Å². The van der Waals surface area contributed by atoms with Crippen molar-refractivity contribution in [3.05, 3.63) is 52.7 Å². The summed E-state index contributed by atoms with van der Waals surface area (Å²) in [5.41, 5.74) is 10.0. The van der Waals surface area contributed by atoms with Crippen molar-refractivity contribution in [2.75, 3.05) is 0 Å². The average Bonchev–Trinajstić information content (AvgIpc) is 2.39. The third-order valence-electron chi connectivity index (χ3n) is 3.47. The molecule has 0 radical (unpaired) electrons. The van der Waals surface area contributed by atoms with Gasteiger partial charge in [0.15, 0.2) is 0 Å². The molecule has 0 aliphatic carbocycles. The van der Waals surface area contributed by atoms with Gasteiger partial charge in [0.25, 0.3) is 0 Å².